The fourth-order valence-corrected chi connectivity index (χ4v) is 4.14. The number of ketones is 1. The third kappa shape index (κ3) is 4.26. The zero-order valence-corrected chi connectivity index (χ0v) is 19.7. The van der Waals surface area contributed by atoms with E-state index < -0.39 is 17.7 Å². The Balaban J connectivity index is 1.89. The lowest BCUT2D eigenvalue weighted by molar-refractivity contribution is -0.140. The number of nitrogens with zero attached hydrogens (tertiary/aromatic N) is 2. The van der Waals surface area contributed by atoms with Crippen LogP contribution >= 0.6 is 0 Å². The second-order valence-corrected chi connectivity index (χ2v) is 8.26. The van der Waals surface area contributed by atoms with E-state index in [2.05, 4.69) is 0 Å². The smallest absolute Gasteiger partial charge is 0.295 e. The van der Waals surface area contributed by atoms with Crippen LogP contribution in [0.25, 0.3) is 5.76 Å². The van der Waals surface area contributed by atoms with Crippen molar-refractivity contribution in [2.45, 2.75) is 6.04 Å². The number of hydrogen-bond donors (Lipinski definition) is 1. The molecule has 34 heavy (non-hydrogen) atoms. The maximum absolute atomic E-state index is 13.3. The first kappa shape index (κ1) is 23.4. The zero-order valence-electron chi connectivity index (χ0n) is 19.7. The van der Waals surface area contributed by atoms with Crippen LogP contribution in [0.1, 0.15) is 17.2 Å². The second-order valence-electron chi connectivity index (χ2n) is 8.26. The molecule has 1 saturated heterocycles. The summed E-state index contributed by atoms with van der Waals surface area (Å²) in [6.45, 7) is 1.62. The van der Waals surface area contributed by atoms with Gasteiger partial charge in [0.1, 0.15) is 30.5 Å². The minimum atomic E-state index is -0.863. The Bertz CT molecular complexity index is 1140. The maximum Gasteiger partial charge on any atom is 0.295 e. The predicted octanol–water partition coefficient (Wildman–Crippen LogP) is 2.46. The summed E-state index contributed by atoms with van der Waals surface area (Å²) < 4.78 is 22.1. The van der Waals surface area contributed by atoms with Crippen molar-refractivity contribution in [3.05, 3.63) is 53.1 Å². The molecule has 0 unspecified atom stereocenters. The van der Waals surface area contributed by atoms with Gasteiger partial charge in [-0.05, 0) is 50.5 Å². The van der Waals surface area contributed by atoms with Crippen molar-refractivity contribution >= 4 is 17.4 Å². The molecule has 2 aliphatic rings. The van der Waals surface area contributed by atoms with Gasteiger partial charge in [-0.15, -0.1) is 0 Å². The Kier molecular flexibility index (Phi) is 6.65. The fourth-order valence-electron chi connectivity index (χ4n) is 4.14. The van der Waals surface area contributed by atoms with Crippen molar-refractivity contribution in [1.29, 1.82) is 0 Å². The second kappa shape index (κ2) is 9.64. The number of benzene rings is 2. The molecule has 2 aromatic carbocycles. The molecule has 0 aliphatic carbocycles. The van der Waals surface area contributed by atoms with Gasteiger partial charge >= 0.3 is 0 Å². The van der Waals surface area contributed by atoms with Crippen molar-refractivity contribution in [2.75, 3.05) is 54.6 Å². The van der Waals surface area contributed by atoms with Crippen LogP contribution in [0.5, 0.6) is 23.0 Å². The molecular weight excluding hydrogens is 440 g/mol. The van der Waals surface area contributed by atoms with Gasteiger partial charge in [0.05, 0.1) is 25.8 Å². The first-order valence-electron chi connectivity index (χ1n) is 10.9. The number of hydrogen-bond acceptors (Lipinski definition) is 8. The SMILES string of the molecule is COc1ccc(OC)c([C@@H]2C(=C(O)c3ccc4c(c3)OCCO4)C(=O)C(=O)N2CCN(C)C)c1. The van der Waals surface area contributed by atoms with Crippen LogP contribution in [-0.4, -0.2) is 81.2 Å². The van der Waals surface area contributed by atoms with Crippen LogP contribution in [0.15, 0.2) is 42.0 Å². The highest BCUT2D eigenvalue weighted by atomic mass is 16.6. The first-order valence-corrected chi connectivity index (χ1v) is 10.9. The van der Waals surface area contributed by atoms with Gasteiger partial charge in [-0.25, -0.2) is 0 Å². The summed E-state index contributed by atoms with van der Waals surface area (Å²) in [5, 5.41) is 11.3. The Morgan fingerprint density at radius 2 is 1.79 bits per heavy atom. The van der Waals surface area contributed by atoms with E-state index in [0.717, 1.165) is 0 Å². The zero-order chi connectivity index (χ0) is 24.4. The molecule has 1 atom stereocenters. The van der Waals surface area contributed by atoms with Crippen molar-refractivity contribution < 1.29 is 33.6 Å². The monoisotopic (exact) mass is 468 g/mol. The van der Waals surface area contributed by atoms with E-state index in [0.29, 0.717) is 53.9 Å². The first-order chi connectivity index (χ1) is 16.3. The van der Waals surface area contributed by atoms with E-state index in [4.69, 9.17) is 18.9 Å². The lowest BCUT2D eigenvalue weighted by Crippen LogP contribution is -2.35. The number of aliphatic hydroxyl groups is 1. The Hall–Kier alpha value is -3.72. The minimum Gasteiger partial charge on any atom is -0.507 e. The molecular formula is C25H28N2O7. The van der Waals surface area contributed by atoms with Gasteiger partial charge in [0, 0.05) is 24.2 Å². The molecule has 0 spiro atoms. The molecule has 0 bridgehead atoms. The summed E-state index contributed by atoms with van der Waals surface area (Å²) in [6, 6.07) is 9.21. The summed E-state index contributed by atoms with van der Waals surface area (Å²) in [4.78, 5) is 29.8. The van der Waals surface area contributed by atoms with Crippen LogP contribution in [0.3, 0.4) is 0 Å². The molecule has 0 aromatic heterocycles. The van der Waals surface area contributed by atoms with Crippen LogP contribution in [0.4, 0.5) is 0 Å². The van der Waals surface area contributed by atoms with Gasteiger partial charge in [0.15, 0.2) is 11.5 Å². The average molecular weight is 469 g/mol. The van der Waals surface area contributed by atoms with E-state index in [-0.39, 0.29) is 17.9 Å². The molecule has 1 fully saturated rings. The number of ether oxygens (including phenoxy) is 4. The fraction of sp³-hybridized carbons (Fsp3) is 0.360. The van der Waals surface area contributed by atoms with Gasteiger partial charge in [0.2, 0.25) is 0 Å². The van der Waals surface area contributed by atoms with E-state index in [1.807, 2.05) is 19.0 Å². The molecule has 0 saturated carbocycles. The van der Waals surface area contributed by atoms with Gasteiger partial charge in [-0.3, -0.25) is 9.59 Å². The topological polar surface area (TPSA) is 97.8 Å². The van der Waals surface area contributed by atoms with Crippen LogP contribution in [0, 0.1) is 0 Å². The number of Topliss-reactive ketones (excluding diaryl/α,β-unsaturated/α-hetero) is 1. The summed E-state index contributed by atoms with van der Waals surface area (Å²) in [5.74, 6) is 0.284. The molecule has 9 heteroatoms. The Labute approximate surface area is 198 Å². The highest BCUT2D eigenvalue weighted by molar-refractivity contribution is 6.46. The third-order valence-corrected chi connectivity index (χ3v) is 5.88. The van der Waals surface area contributed by atoms with Crippen molar-refractivity contribution in [3.8, 4) is 23.0 Å². The van der Waals surface area contributed by atoms with Gasteiger partial charge in [0.25, 0.3) is 11.7 Å². The largest absolute Gasteiger partial charge is 0.507 e. The number of amides is 1. The molecule has 2 aromatic rings. The van der Waals surface area contributed by atoms with Crippen LogP contribution < -0.4 is 18.9 Å². The van der Waals surface area contributed by atoms with Crippen LogP contribution in [0.2, 0.25) is 0 Å². The van der Waals surface area contributed by atoms with Crippen molar-refractivity contribution in [1.82, 2.24) is 9.80 Å². The average Bonchev–Trinajstić information content (AvgIpc) is 3.10. The highest BCUT2D eigenvalue weighted by Crippen LogP contribution is 2.44. The number of methoxy groups -OCH3 is 2. The number of likely N-dealkylation sites (tertiary alicyclic amines) is 1. The van der Waals surface area contributed by atoms with Crippen molar-refractivity contribution in [2.24, 2.45) is 0 Å². The minimum absolute atomic E-state index is 0.0213. The molecule has 1 N–H and O–H groups in total. The van der Waals surface area contributed by atoms with Gasteiger partial charge in [-0.2, -0.15) is 0 Å². The Morgan fingerprint density at radius 1 is 1.06 bits per heavy atom. The number of carbonyl (C=O) groups is 2. The summed E-state index contributed by atoms with van der Waals surface area (Å²) in [5.41, 5.74) is 0.868. The molecule has 1 amide bonds. The van der Waals surface area contributed by atoms with Crippen molar-refractivity contribution in [3.63, 3.8) is 0 Å². The van der Waals surface area contributed by atoms with Gasteiger partial charge in [-0.1, -0.05) is 0 Å². The molecule has 2 aliphatic heterocycles. The molecule has 0 radical (unpaired) electrons. The predicted molar refractivity (Wildman–Crippen MR) is 125 cm³/mol. The number of aliphatic hydroxyl groups excluding tert-OH is 1. The standard InChI is InChI=1S/C25H28N2O7/c1-26(2)9-10-27-22(17-14-16(31-3)6-8-18(17)32-4)21(24(29)25(27)30)23(28)15-5-7-19-20(13-15)34-12-11-33-19/h5-8,13-14,22,28H,9-12H2,1-4H3/t22-/m1/s1. The quantitative estimate of drug-likeness (QED) is 0.376. The van der Waals surface area contributed by atoms with Gasteiger partial charge < -0.3 is 33.9 Å². The summed E-state index contributed by atoms with van der Waals surface area (Å²) in [7, 11) is 6.81. The van der Waals surface area contributed by atoms with E-state index in [1.54, 1.807) is 36.4 Å². The number of rotatable bonds is 7. The maximum atomic E-state index is 13.3. The number of likely N-dealkylation sites (N-methyl/N-ethyl adjacent to an activating group) is 1. The van der Waals surface area contributed by atoms with E-state index in [1.165, 1.54) is 19.1 Å². The number of carbonyl (C=O) groups excluding carboxylic acids is 2. The molecule has 9 nitrogen and oxygen atoms in total. The lowest BCUT2D eigenvalue weighted by Gasteiger charge is -2.28. The Morgan fingerprint density at radius 3 is 2.47 bits per heavy atom. The molecule has 180 valence electrons. The molecule has 4 rings (SSSR count). The highest BCUT2D eigenvalue weighted by Gasteiger charge is 2.47. The summed E-state index contributed by atoms with van der Waals surface area (Å²) >= 11 is 0. The molecule has 2 heterocycles. The summed E-state index contributed by atoms with van der Waals surface area (Å²) in [6.07, 6.45) is 0. The third-order valence-electron chi connectivity index (χ3n) is 5.88. The van der Waals surface area contributed by atoms with Crippen LogP contribution in [-0.2, 0) is 9.59 Å². The number of fused-ring (bicyclic) bond motifs is 1. The van der Waals surface area contributed by atoms with E-state index >= 15 is 0 Å². The lowest BCUT2D eigenvalue weighted by atomic mass is 9.94. The van der Waals surface area contributed by atoms with E-state index in [9.17, 15) is 14.7 Å². The normalized spacial score (nSPS) is 19.0.